The first-order valence-electron chi connectivity index (χ1n) is 7.98. The first-order valence-corrected chi connectivity index (χ1v) is 7.98. The number of rotatable bonds is 7. The van der Waals surface area contributed by atoms with Crippen molar-refractivity contribution in [2.24, 2.45) is 14.1 Å². The second kappa shape index (κ2) is 8.35. The maximum absolute atomic E-state index is 11.9. The molecule has 0 fully saturated rings. The molecule has 0 amide bonds. The van der Waals surface area contributed by atoms with Crippen molar-refractivity contribution in [3.63, 3.8) is 0 Å². The van der Waals surface area contributed by atoms with Crippen molar-refractivity contribution in [1.82, 2.24) is 9.13 Å². The van der Waals surface area contributed by atoms with E-state index in [4.69, 9.17) is 14.2 Å². The highest BCUT2D eigenvalue weighted by atomic mass is 16.6. The van der Waals surface area contributed by atoms with Crippen LogP contribution in [0.3, 0.4) is 0 Å². The van der Waals surface area contributed by atoms with Crippen LogP contribution in [0, 0.1) is 0 Å². The summed E-state index contributed by atoms with van der Waals surface area (Å²) in [5.41, 5.74) is -0.288. The number of aromatic nitrogens is 2. The molecule has 0 atom stereocenters. The van der Waals surface area contributed by atoms with Crippen LogP contribution in [0.5, 0.6) is 11.5 Å². The molecular formula is C18H20N2O7. The van der Waals surface area contributed by atoms with E-state index in [0.717, 1.165) is 4.57 Å². The third-order valence-corrected chi connectivity index (χ3v) is 3.92. The number of ether oxygens (including phenoxy) is 3. The van der Waals surface area contributed by atoms with Gasteiger partial charge in [0, 0.05) is 25.7 Å². The molecule has 0 radical (unpaired) electrons. The number of esters is 1. The van der Waals surface area contributed by atoms with Crippen LogP contribution in [-0.2, 0) is 30.2 Å². The monoisotopic (exact) mass is 376 g/mol. The summed E-state index contributed by atoms with van der Waals surface area (Å²) in [6.07, 6.45) is 0. The number of hydrogen-bond acceptors (Lipinski definition) is 7. The van der Waals surface area contributed by atoms with Gasteiger partial charge in [-0.1, -0.05) is 0 Å². The zero-order chi connectivity index (χ0) is 20.1. The number of Topliss-reactive ketones (excluding diaryl/α,β-unsaturated/α-hetero) is 1. The molecule has 2 aromatic rings. The molecule has 0 aliphatic rings. The molecule has 0 spiro atoms. The van der Waals surface area contributed by atoms with Gasteiger partial charge in [0.2, 0.25) is 0 Å². The summed E-state index contributed by atoms with van der Waals surface area (Å²) in [5, 5.41) is 0. The van der Waals surface area contributed by atoms with E-state index in [9.17, 15) is 19.2 Å². The quantitative estimate of drug-likeness (QED) is 0.509. The van der Waals surface area contributed by atoms with Crippen molar-refractivity contribution in [1.29, 1.82) is 0 Å². The standard InChI is InChI=1S/C18H20N2O7/c1-11(21)12-5-6-14(15(7-12)25-4)26-10-17(23)27-9-13-8-16(22)20(3)18(24)19(13)2/h5-8H,9-10H2,1-4H3. The van der Waals surface area contributed by atoms with Crippen LogP contribution < -0.4 is 20.7 Å². The number of benzene rings is 1. The molecule has 0 N–H and O–H groups in total. The van der Waals surface area contributed by atoms with Gasteiger partial charge in [0.1, 0.15) is 6.61 Å². The predicted octanol–water partition coefficient (Wildman–Crippen LogP) is 0.417. The highest BCUT2D eigenvalue weighted by molar-refractivity contribution is 5.94. The molecule has 0 bridgehead atoms. The Hall–Kier alpha value is -3.36. The minimum absolute atomic E-state index is 0.126. The Kier molecular flexibility index (Phi) is 6.17. The maximum Gasteiger partial charge on any atom is 0.344 e. The third-order valence-electron chi connectivity index (χ3n) is 3.92. The highest BCUT2D eigenvalue weighted by Gasteiger charge is 2.12. The molecule has 0 aliphatic carbocycles. The highest BCUT2D eigenvalue weighted by Crippen LogP contribution is 2.28. The van der Waals surface area contributed by atoms with Crippen LogP contribution in [0.15, 0.2) is 33.9 Å². The lowest BCUT2D eigenvalue weighted by Gasteiger charge is -2.12. The summed E-state index contributed by atoms with van der Waals surface area (Å²) in [5.74, 6) is -0.232. The van der Waals surface area contributed by atoms with Gasteiger partial charge in [0.15, 0.2) is 23.9 Å². The Morgan fingerprint density at radius 3 is 2.37 bits per heavy atom. The minimum Gasteiger partial charge on any atom is -0.493 e. The van der Waals surface area contributed by atoms with E-state index in [1.807, 2.05) is 0 Å². The van der Waals surface area contributed by atoms with Crippen LogP contribution in [0.25, 0.3) is 0 Å². The van der Waals surface area contributed by atoms with Crippen LogP contribution in [0.2, 0.25) is 0 Å². The van der Waals surface area contributed by atoms with E-state index in [1.54, 1.807) is 6.07 Å². The van der Waals surface area contributed by atoms with Gasteiger partial charge < -0.3 is 14.2 Å². The van der Waals surface area contributed by atoms with Crippen molar-refractivity contribution in [3.05, 3.63) is 56.4 Å². The van der Waals surface area contributed by atoms with E-state index < -0.39 is 23.8 Å². The number of hydrogen-bond donors (Lipinski definition) is 0. The van der Waals surface area contributed by atoms with Crippen LogP contribution >= 0.6 is 0 Å². The second-order valence-corrected chi connectivity index (χ2v) is 5.75. The summed E-state index contributed by atoms with van der Waals surface area (Å²) < 4.78 is 17.7. The summed E-state index contributed by atoms with van der Waals surface area (Å²) in [6, 6.07) is 5.81. The Morgan fingerprint density at radius 2 is 1.74 bits per heavy atom. The van der Waals surface area contributed by atoms with E-state index in [-0.39, 0.29) is 23.8 Å². The second-order valence-electron chi connectivity index (χ2n) is 5.75. The number of nitrogens with zero attached hydrogens (tertiary/aromatic N) is 2. The fraction of sp³-hybridized carbons (Fsp3) is 0.333. The van der Waals surface area contributed by atoms with E-state index in [0.29, 0.717) is 11.3 Å². The predicted molar refractivity (Wildman–Crippen MR) is 95.2 cm³/mol. The normalized spacial score (nSPS) is 10.4. The van der Waals surface area contributed by atoms with Crippen molar-refractivity contribution in [3.8, 4) is 11.5 Å². The fourth-order valence-electron chi connectivity index (χ4n) is 2.26. The molecule has 0 saturated carbocycles. The topological polar surface area (TPSA) is 106 Å². The summed E-state index contributed by atoms with van der Waals surface area (Å²) >= 11 is 0. The Balaban J connectivity index is 2.01. The lowest BCUT2D eigenvalue weighted by atomic mass is 10.1. The Labute approximate surface area is 154 Å². The van der Waals surface area contributed by atoms with Crippen molar-refractivity contribution >= 4 is 11.8 Å². The third kappa shape index (κ3) is 4.63. The lowest BCUT2D eigenvalue weighted by molar-refractivity contribution is -0.147. The van der Waals surface area contributed by atoms with Crippen molar-refractivity contribution < 1.29 is 23.8 Å². The number of carbonyl (C=O) groups is 2. The smallest absolute Gasteiger partial charge is 0.344 e. The molecule has 9 heteroatoms. The van der Waals surface area contributed by atoms with E-state index in [2.05, 4.69) is 0 Å². The number of methoxy groups -OCH3 is 1. The summed E-state index contributed by atoms with van der Waals surface area (Å²) in [4.78, 5) is 46.8. The SMILES string of the molecule is COc1cc(C(C)=O)ccc1OCC(=O)OCc1cc(=O)n(C)c(=O)n1C. The van der Waals surface area contributed by atoms with Crippen molar-refractivity contribution in [2.75, 3.05) is 13.7 Å². The molecule has 1 aromatic carbocycles. The molecule has 0 aliphatic heterocycles. The molecule has 0 saturated heterocycles. The summed E-state index contributed by atoms with van der Waals surface area (Å²) in [6.45, 7) is 0.774. The van der Waals surface area contributed by atoms with Gasteiger partial charge in [-0.3, -0.25) is 18.7 Å². The van der Waals surface area contributed by atoms with Gasteiger partial charge in [-0.2, -0.15) is 0 Å². The Bertz CT molecular complexity index is 988. The average molecular weight is 376 g/mol. The van der Waals surface area contributed by atoms with Gasteiger partial charge in [-0.05, 0) is 25.1 Å². The largest absolute Gasteiger partial charge is 0.493 e. The first kappa shape index (κ1) is 20.0. The van der Waals surface area contributed by atoms with Crippen molar-refractivity contribution in [2.45, 2.75) is 13.5 Å². The van der Waals surface area contributed by atoms with E-state index >= 15 is 0 Å². The number of carbonyl (C=O) groups excluding carboxylic acids is 2. The van der Waals surface area contributed by atoms with Crippen LogP contribution in [0.4, 0.5) is 0 Å². The molecule has 0 unspecified atom stereocenters. The number of ketones is 1. The minimum atomic E-state index is -0.694. The zero-order valence-corrected chi connectivity index (χ0v) is 15.5. The molecule has 27 heavy (non-hydrogen) atoms. The van der Waals surface area contributed by atoms with Crippen LogP contribution in [-0.4, -0.2) is 34.6 Å². The molecule has 9 nitrogen and oxygen atoms in total. The van der Waals surface area contributed by atoms with Gasteiger partial charge in [-0.25, -0.2) is 9.59 Å². The zero-order valence-electron chi connectivity index (χ0n) is 15.5. The Morgan fingerprint density at radius 1 is 1.04 bits per heavy atom. The lowest BCUT2D eigenvalue weighted by Crippen LogP contribution is -2.38. The summed E-state index contributed by atoms with van der Waals surface area (Å²) in [7, 11) is 4.25. The molecule has 2 rings (SSSR count). The molecule has 144 valence electrons. The average Bonchev–Trinajstić information content (AvgIpc) is 2.66. The maximum atomic E-state index is 11.9. The fourth-order valence-corrected chi connectivity index (χ4v) is 2.26. The van der Waals surface area contributed by atoms with Gasteiger partial charge in [-0.15, -0.1) is 0 Å². The molecule has 1 aromatic heterocycles. The van der Waals surface area contributed by atoms with Gasteiger partial charge >= 0.3 is 11.7 Å². The van der Waals surface area contributed by atoms with E-state index in [1.165, 1.54) is 50.9 Å². The molecular weight excluding hydrogens is 356 g/mol. The van der Waals surface area contributed by atoms with Crippen LogP contribution in [0.1, 0.15) is 23.0 Å². The van der Waals surface area contributed by atoms with Gasteiger partial charge in [0.05, 0.1) is 12.8 Å². The van der Waals surface area contributed by atoms with Gasteiger partial charge in [0.25, 0.3) is 5.56 Å². The molecule has 1 heterocycles. The first-order chi connectivity index (χ1) is 12.7.